The molecule has 0 radical (unpaired) electrons. The van der Waals surface area contributed by atoms with Gasteiger partial charge in [0.15, 0.2) is 15.6 Å². The molecule has 1 amide bonds. The van der Waals surface area contributed by atoms with Gasteiger partial charge in [-0.1, -0.05) is 6.07 Å². The van der Waals surface area contributed by atoms with Crippen LogP contribution < -0.4 is 15.3 Å². The van der Waals surface area contributed by atoms with Crippen molar-refractivity contribution in [2.24, 2.45) is 5.73 Å². The number of nitrogens with two attached hydrogens (primary N) is 1. The number of sulfone groups is 1. The van der Waals surface area contributed by atoms with Crippen molar-refractivity contribution < 1.29 is 26.5 Å². The van der Waals surface area contributed by atoms with Crippen molar-refractivity contribution >= 4 is 31.7 Å². The minimum Gasteiger partial charge on any atom is -0.369 e. The van der Waals surface area contributed by atoms with Gasteiger partial charge in [-0.3, -0.25) is 10.2 Å². The molecule has 0 fully saturated rings. The zero-order valence-electron chi connectivity index (χ0n) is 17.9. The van der Waals surface area contributed by atoms with E-state index < -0.39 is 31.7 Å². The molecular formula is C20H22N6O6S2. The van der Waals surface area contributed by atoms with E-state index in [4.69, 9.17) is 16.0 Å². The van der Waals surface area contributed by atoms with Gasteiger partial charge in [0.2, 0.25) is 16.0 Å². The van der Waals surface area contributed by atoms with E-state index in [0.29, 0.717) is 11.5 Å². The van der Waals surface area contributed by atoms with Gasteiger partial charge in [0.1, 0.15) is 0 Å². The van der Waals surface area contributed by atoms with E-state index in [0.717, 1.165) is 18.0 Å². The number of amides is 1. The number of sulfonamides is 1. The standard InChI is InChI=1S/C20H22N6O6S2/c1-33(28,29)18-4-2-3-14(11-18)19(27)26(20(21)22)32-16-5-7-17(8-6-16)34(30,31)25-10-9-15-12-23-13-24-15/h2-8,11-13,25H,9-10H2,1H3,(H3,21,22)(H,23,24). The van der Waals surface area contributed by atoms with Crippen LogP contribution in [0.5, 0.6) is 5.75 Å². The summed E-state index contributed by atoms with van der Waals surface area (Å²) in [6.45, 7) is 0.155. The minimum atomic E-state index is -3.80. The largest absolute Gasteiger partial charge is 0.369 e. The SMILES string of the molecule is CS(=O)(=O)c1cccc(C(=O)N(Oc2ccc(S(=O)(=O)NCCc3cnc[nH]3)cc2)C(=N)N)c1. The van der Waals surface area contributed by atoms with E-state index in [-0.39, 0.29) is 27.6 Å². The van der Waals surface area contributed by atoms with Crippen molar-refractivity contribution in [2.75, 3.05) is 12.8 Å². The average Bonchev–Trinajstić information content (AvgIpc) is 3.30. The highest BCUT2D eigenvalue weighted by Crippen LogP contribution is 2.19. The first-order chi connectivity index (χ1) is 16.0. The van der Waals surface area contributed by atoms with Crippen molar-refractivity contribution in [3.63, 3.8) is 0 Å². The predicted molar refractivity (Wildman–Crippen MR) is 122 cm³/mol. The second kappa shape index (κ2) is 10.0. The monoisotopic (exact) mass is 506 g/mol. The summed E-state index contributed by atoms with van der Waals surface area (Å²) in [6, 6.07) is 10.3. The molecule has 0 saturated carbocycles. The van der Waals surface area contributed by atoms with E-state index in [1.807, 2.05) is 0 Å². The van der Waals surface area contributed by atoms with Crippen molar-refractivity contribution in [3.8, 4) is 5.75 Å². The number of aromatic amines is 1. The van der Waals surface area contributed by atoms with Crippen LogP contribution in [0.1, 0.15) is 16.1 Å². The molecule has 14 heteroatoms. The number of aromatic nitrogens is 2. The Morgan fingerprint density at radius 2 is 1.85 bits per heavy atom. The Hall–Kier alpha value is -3.75. The Bertz CT molecular complexity index is 1390. The number of imidazole rings is 1. The second-order valence-electron chi connectivity index (χ2n) is 7.07. The Morgan fingerprint density at radius 1 is 1.15 bits per heavy atom. The molecule has 0 saturated heterocycles. The fourth-order valence-corrected chi connectivity index (χ4v) is 4.49. The maximum atomic E-state index is 12.8. The number of nitrogens with one attached hydrogen (secondary N) is 3. The van der Waals surface area contributed by atoms with Crippen LogP contribution in [0.25, 0.3) is 0 Å². The summed E-state index contributed by atoms with van der Waals surface area (Å²) in [6.07, 6.45) is 4.52. The topological polar surface area (TPSA) is 188 Å². The molecule has 180 valence electrons. The molecule has 3 aromatic rings. The number of hydrogen-bond acceptors (Lipinski definition) is 8. The van der Waals surface area contributed by atoms with Gasteiger partial charge in [0, 0.05) is 36.7 Å². The van der Waals surface area contributed by atoms with E-state index in [1.54, 1.807) is 6.20 Å². The first-order valence-electron chi connectivity index (χ1n) is 9.71. The predicted octanol–water partition coefficient (Wildman–Crippen LogP) is 0.664. The van der Waals surface area contributed by atoms with Crippen LogP contribution in [0.4, 0.5) is 0 Å². The number of rotatable bonds is 9. The number of hydrogen-bond donors (Lipinski definition) is 4. The van der Waals surface area contributed by atoms with Crippen LogP contribution in [0.3, 0.4) is 0 Å². The summed E-state index contributed by atoms with van der Waals surface area (Å²) >= 11 is 0. The first kappa shape index (κ1) is 24.9. The molecule has 2 aromatic carbocycles. The highest BCUT2D eigenvalue weighted by Gasteiger charge is 2.23. The molecule has 1 heterocycles. The van der Waals surface area contributed by atoms with Gasteiger partial charge < -0.3 is 15.6 Å². The third-order valence-corrected chi connectivity index (χ3v) is 7.07. The number of H-pyrrole nitrogens is 1. The number of guanidine groups is 1. The third kappa shape index (κ3) is 6.18. The molecule has 0 aliphatic heterocycles. The maximum absolute atomic E-state index is 12.8. The summed E-state index contributed by atoms with van der Waals surface area (Å²) in [7, 11) is -7.36. The molecule has 0 spiro atoms. The zero-order chi connectivity index (χ0) is 24.9. The summed E-state index contributed by atoms with van der Waals surface area (Å²) < 4.78 is 50.9. The van der Waals surface area contributed by atoms with Crippen molar-refractivity contribution in [2.45, 2.75) is 16.2 Å². The van der Waals surface area contributed by atoms with Crippen LogP contribution in [0.2, 0.25) is 0 Å². The Morgan fingerprint density at radius 3 is 2.44 bits per heavy atom. The van der Waals surface area contributed by atoms with Crippen LogP contribution in [-0.4, -0.2) is 56.5 Å². The lowest BCUT2D eigenvalue weighted by molar-refractivity contribution is 0.0152. The normalized spacial score (nSPS) is 11.7. The zero-order valence-corrected chi connectivity index (χ0v) is 19.6. The molecule has 12 nitrogen and oxygen atoms in total. The first-order valence-corrected chi connectivity index (χ1v) is 13.1. The van der Waals surface area contributed by atoms with Gasteiger partial charge in [-0.15, -0.1) is 5.06 Å². The minimum absolute atomic E-state index is 0.0271. The van der Waals surface area contributed by atoms with Gasteiger partial charge in [0.25, 0.3) is 5.91 Å². The van der Waals surface area contributed by atoms with Crippen LogP contribution >= 0.6 is 0 Å². The second-order valence-corrected chi connectivity index (χ2v) is 10.9. The van der Waals surface area contributed by atoms with Gasteiger partial charge in [-0.2, -0.15) is 0 Å². The van der Waals surface area contributed by atoms with Crippen LogP contribution in [-0.2, 0) is 26.3 Å². The van der Waals surface area contributed by atoms with E-state index in [1.165, 1.54) is 48.8 Å². The molecule has 0 aliphatic carbocycles. The average molecular weight is 507 g/mol. The summed E-state index contributed by atoms with van der Waals surface area (Å²) in [5, 5.41) is 8.13. The number of carbonyl (C=O) groups is 1. The van der Waals surface area contributed by atoms with E-state index in [2.05, 4.69) is 14.7 Å². The lowest BCUT2D eigenvalue weighted by Crippen LogP contribution is -2.43. The Labute approximate surface area is 196 Å². The summed E-state index contributed by atoms with van der Waals surface area (Å²) in [4.78, 5) is 24.8. The molecular weight excluding hydrogens is 484 g/mol. The molecule has 5 N–H and O–H groups in total. The van der Waals surface area contributed by atoms with Crippen LogP contribution in [0.15, 0.2) is 70.8 Å². The summed E-state index contributed by atoms with van der Waals surface area (Å²) in [5.41, 5.74) is 6.18. The van der Waals surface area contributed by atoms with Crippen molar-refractivity contribution in [1.82, 2.24) is 19.8 Å². The van der Waals surface area contributed by atoms with Gasteiger partial charge in [-0.25, -0.2) is 26.5 Å². The quantitative estimate of drug-likeness (QED) is 0.185. The fourth-order valence-electron chi connectivity index (χ4n) is 2.79. The Balaban J connectivity index is 1.71. The fraction of sp³-hybridized carbons (Fsp3) is 0.150. The number of carbonyl (C=O) groups excluding carboxylic acids is 1. The van der Waals surface area contributed by atoms with E-state index >= 15 is 0 Å². The molecule has 1 aromatic heterocycles. The third-order valence-electron chi connectivity index (χ3n) is 4.48. The molecule has 0 atom stereocenters. The van der Waals surface area contributed by atoms with E-state index in [9.17, 15) is 21.6 Å². The van der Waals surface area contributed by atoms with Gasteiger partial charge in [-0.05, 0) is 42.5 Å². The highest BCUT2D eigenvalue weighted by molar-refractivity contribution is 7.90. The lowest BCUT2D eigenvalue weighted by Gasteiger charge is -2.20. The molecule has 0 unspecified atom stereocenters. The van der Waals surface area contributed by atoms with Crippen LogP contribution in [0, 0.1) is 5.41 Å². The lowest BCUT2D eigenvalue weighted by atomic mass is 10.2. The maximum Gasteiger partial charge on any atom is 0.294 e. The van der Waals surface area contributed by atoms with Gasteiger partial charge in [0.05, 0.1) is 16.1 Å². The smallest absolute Gasteiger partial charge is 0.294 e. The molecule has 3 rings (SSSR count). The molecule has 0 bridgehead atoms. The molecule has 0 aliphatic rings. The molecule has 34 heavy (non-hydrogen) atoms. The van der Waals surface area contributed by atoms with Crippen molar-refractivity contribution in [3.05, 3.63) is 72.3 Å². The number of benzene rings is 2. The van der Waals surface area contributed by atoms with Crippen molar-refractivity contribution in [1.29, 1.82) is 5.41 Å². The van der Waals surface area contributed by atoms with Gasteiger partial charge >= 0.3 is 0 Å². The number of hydroxylamine groups is 2. The highest BCUT2D eigenvalue weighted by atomic mass is 32.2. The number of nitrogens with zero attached hydrogens (tertiary/aromatic N) is 2. The summed E-state index contributed by atoms with van der Waals surface area (Å²) in [5.74, 6) is -1.61. The Kier molecular flexibility index (Phi) is 7.34.